The summed E-state index contributed by atoms with van der Waals surface area (Å²) >= 11 is 0. The van der Waals surface area contributed by atoms with Crippen molar-refractivity contribution in [3.8, 4) is 0 Å². The number of carbonyl (C=O) groups excluding carboxylic acids is 1. The number of amides is 2. The number of rotatable bonds is 16. The zero-order valence-corrected chi connectivity index (χ0v) is 22.6. The second-order valence-corrected chi connectivity index (χ2v) is 11.0. The first kappa shape index (κ1) is 28.8. The van der Waals surface area contributed by atoms with Crippen LogP contribution in [0.5, 0.6) is 0 Å². The molecule has 1 aromatic heterocycles. The molecule has 2 heterocycles. The van der Waals surface area contributed by atoms with E-state index in [9.17, 15) is 13.2 Å². The first-order valence-electron chi connectivity index (χ1n) is 13.7. The van der Waals surface area contributed by atoms with E-state index in [-0.39, 0.29) is 11.6 Å². The highest BCUT2D eigenvalue weighted by atomic mass is 32.2. The minimum atomic E-state index is -2.57. The molecule has 9 nitrogen and oxygen atoms in total. The maximum atomic E-state index is 12.2. The minimum Gasteiger partial charge on any atom is -0.379 e. The van der Waals surface area contributed by atoms with Gasteiger partial charge in [0.25, 0.3) is 0 Å². The number of aromatic nitrogens is 1. The van der Waals surface area contributed by atoms with Gasteiger partial charge in [0.05, 0.1) is 13.2 Å². The van der Waals surface area contributed by atoms with Crippen molar-refractivity contribution in [2.24, 2.45) is 0 Å². The van der Waals surface area contributed by atoms with Crippen LogP contribution >= 0.6 is 0 Å². The topological polar surface area (TPSA) is 104 Å². The van der Waals surface area contributed by atoms with Gasteiger partial charge in [-0.15, -0.1) is 0 Å². The highest BCUT2D eigenvalue weighted by Gasteiger charge is 2.40. The van der Waals surface area contributed by atoms with E-state index in [1.807, 2.05) is 16.4 Å². The molecule has 2 aliphatic rings. The third-order valence-electron chi connectivity index (χ3n) is 7.51. The maximum absolute atomic E-state index is 12.2. The van der Waals surface area contributed by atoms with E-state index < -0.39 is 10.9 Å². The molecule has 1 aliphatic carbocycles. The predicted molar refractivity (Wildman–Crippen MR) is 142 cm³/mol. The second kappa shape index (κ2) is 16.2. The summed E-state index contributed by atoms with van der Waals surface area (Å²) in [4.78, 5) is 18.3. The lowest BCUT2D eigenvalue weighted by Crippen LogP contribution is -2.47. The van der Waals surface area contributed by atoms with Crippen LogP contribution in [0.1, 0.15) is 76.2 Å². The molecule has 10 heteroatoms. The lowest BCUT2D eigenvalue weighted by atomic mass is 9.89. The first-order chi connectivity index (χ1) is 17.6. The lowest BCUT2D eigenvalue weighted by molar-refractivity contribution is 0.0357. The molecular formula is C26H45N5O4S. The van der Waals surface area contributed by atoms with Crippen molar-refractivity contribution < 1.29 is 17.9 Å². The van der Waals surface area contributed by atoms with Crippen molar-refractivity contribution in [3.63, 3.8) is 0 Å². The molecule has 0 spiro atoms. The van der Waals surface area contributed by atoms with Crippen molar-refractivity contribution in [1.82, 2.24) is 24.8 Å². The number of hydrogen-bond acceptors (Lipinski definition) is 6. The van der Waals surface area contributed by atoms with Crippen molar-refractivity contribution in [2.75, 3.05) is 45.9 Å². The molecule has 2 N–H and O–H groups in total. The van der Waals surface area contributed by atoms with Crippen LogP contribution in [0.25, 0.3) is 0 Å². The molecule has 204 valence electrons. The van der Waals surface area contributed by atoms with Gasteiger partial charge in [-0.25, -0.2) is 13.2 Å². The molecule has 1 saturated heterocycles. The van der Waals surface area contributed by atoms with Gasteiger partial charge < -0.3 is 15.4 Å². The number of nitrogens with one attached hydrogen (secondary N) is 2. The third kappa shape index (κ3) is 9.95. The Balaban J connectivity index is 1.28. The number of unbranched alkanes of at least 4 members (excludes halogenated alkanes) is 4. The molecule has 0 bridgehead atoms. The SMILES string of the molecule is O=C(NCCCCCCCC1(N(CCCN2CCOCC2)[SH](=O)=O)CCCC1)NCc1cccnc1. The van der Waals surface area contributed by atoms with Gasteiger partial charge in [-0.05, 0) is 50.3 Å². The van der Waals surface area contributed by atoms with Crippen LogP contribution in [0.3, 0.4) is 0 Å². The number of hydrogen-bond donors (Lipinski definition) is 3. The van der Waals surface area contributed by atoms with Gasteiger partial charge in [-0.2, -0.15) is 4.31 Å². The molecule has 1 aliphatic heterocycles. The van der Waals surface area contributed by atoms with Gasteiger partial charge >= 0.3 is 6.03 Å². The van der Waals surface area contributed by atoms with E-state index in [0.717, 1.165) is 109 Å². The zero-order chi connectivity index (χ0) is 25.5. The Kier molecular flexibility index (Phi) is 12.9. The number of thiol groups is 1. The Morgan fingerprint density at radius 1 is 1.06 bits per heavy atom. The summed E-state index contributed by atoms with van der Waals surface area (Å²) in [7, 11) is -2.57. The molecule has 36 heavy (non-hydrogen) atoms. The van der Waals surface area contributed by atoms with E-state index in [1.165, 1.54) is 0 Å². The molecule has 0 aromatic carbocycles. The summed E-state index contributed by atoms with van der Waals surface area (Å²) in [6.45, 7) is 6.15. The average Bonchev–Trinajstić information content (AvgIpc) is 3.37. The van der Waals surface area contributed by atoms with Crippen molar-refractivity contribution in [2.45, 2.75) is 82.7 Å². The van der Waals surface area contributed by atoms with Gasteiger partial charge in [0.15, 0.2) is 0 Å². The summed E-state index contributed by atoms with van der Waals surface area (Å²) in [5.41, 5.74) is 0.804. The number of carbonyl (C=O) groups is 1. The Labute approximate surface area is 218 Å². The molecular weight excluding hydrogens is 478 g/mol. The van der Waals surface area contributed by atoms with Crippen LogP contribution in [0.2, 0.25) is 0 Å². The van der Waals surface area contributed by atoms with Gasteiger partial charge in [-0.3, -0.25) is 9.88 Å². The lowest BCUT2D eigenvalue weighted by Gasteiger charge is -2.38. The number of nitrogens with zero attached hydrogens (tertiary/aromatic N) is 3. The predicted octanol–water partition coefficient (Wildman–Crippen LogP) is 3.08. The minimum absolute atomic E-state index is 0.150. The fourth-order valence-electron chi connectivity index (χ4n) is 5.49. The van der Waals surface area contributed by atoms with Gasteiger partial charge in [0.2, 0.25) is 10.9 Å². The van der Waals surface area contributed by atoms with Crippen molar-refractivity contribution in [3.05, 3.63) is 30.1 Å². The molecule has 2 amide bonds. The van der Waals surface area contributed by atoms with Crippen LogP contribution in [-0.2, 0) is 22.2 Å². The number of pyridine rings is 1. The highest BCUT2D eigenvalue weighted by Crippen LogP contribution is 2.39. The monoisotopic (exact) mass is 523 g/mol. The Bertz CT molecular complexity index is 819. The summed E-state index contributed by atoms with van der Waals surface area (Å²) in [5, 5.41) is 5.76. The quantitative estimate of drug-likeness (QED) is 0.227. The van der Waals surface area contributed by atoms with Crippen molar-refractivity contribution in [1.29, 1.82) is 0 Å². The molecule has 0 unspecified atom stereocenters. The second-order valence-electron chi connectivity index (χ2n) is 10.1. The number of ether oxygens (including phenoxy) is 1. The van der Waals surface area contributed by atoms with E-state index in [1.54, 1.807) is 12.4 Å². The molecule has 2 fully saturated rings. The average molecular weight is 524 g/mol. The van der Waals surface area contributed by atoms with E-state index in [0.29, 0.717) is 19.6 Å². The summed E-state index contributed by atoms with van der Waals surface area (Å²) in [5.74, 6) is 0. The fourth-order valence-corrected chi connectivity index (χ4v) is 6.44. The van der Waals surface area contributed by atoms with Gasteiger partial charge in [-0.1, -0.05) is 44.6 Å². The van der Waals surface area contributed by atoms with Crippen LogP contribution < -0.4 is 10.6 Å². The fraction of sp³-hybridized carbons (Fsp3) is 0.769. The highest BCUT2D eigenvalue weighted by molar-refractivity contribution is 7.69. The summed E-state index contributed by atoms with van der Waals surface area (Å²) in [6.07, 6.45) is 14.8. The number of morpholine rings is 1. The van der Waals surface area contributed by atoms with Gasteiger partial charge in [0.1, 0.15) is 0 Å². The van der Waals surface area contributed by atoms with Crippen LogP contribution in [0.4, 0.5) is 4.79 Å². The molecule has 1 saturated carbocycles. The Morgan fingerprint density at radius 3 is 2.53 bits per heavy atom. The Morgan fingerprint density at radius 2 is 1.81 bits per heavy atom. The molecule has 3 rings (SSSR count). The van der Waals surface area contributed by atoms with Crippen LogP contribution in [0, 0.1) is 0 Å². The van der Waals surface area contributed by atoms with Crippen LogP contribution in [0.15, 0.2) is 24.5 Å². The van der Waals surface area contributed by atoms with E-state index >= 15 is 0 Å². The third-order valence-corrected chi connectivity index (χ3v) is 8.53. The smallest absolute Gasteiger partial charge is 0.315 e. The standard InChI is InChI=1S/C26H45N5O4S/c32-25(29-23-24-10-8-14-27-22-24)28-15-7-3-1-2-4-11-26(12-5-6-13-26)31(36(33)34)17-9-16-30-18-20-35-21-19-30/h8,10,14,22,36H,1-7,9,11-13,15-21,23H2,(H2,28,29,32). The molecule has 1 aromatic rings. The van der Waals surface area contributed by atoms with E-state index in [4.69, 9.17) is 4.74 Å². The normalized spacial score (nSPS) is 18.1. The molecule has 0 atom stereocenters. The summed E-state index contributed by atoms with van der Waals surface area (Å²) in [6, 6.07) is 3.64. The largest absolute Gasteiger partial charge is 0.379 e. The Hall–Kier alpha value is -1.75. The number of urea groups is 1. The summed E-state index contributed by atoms with van der Waals surface area (Å²) < 4.78 is 31.7. The van der Waals surface area contributed by atoms with Crippen molar-refractivity contribution >= 4 is 16.9 Å². The first-order valence-corrected chi connectivity index (χ1v) is 14.8. The molecule has 0 radical (unpaired) electrons. The van der Waals surface area contributed by atoms with Crippen LogP contribution in [-0.4, -0.2) is 80.1 Å². The maximum Gasteiger partial charge on any atom is 0.315 e. The van der Waals surface area contributed by atoms with Gasteiger partial charge in [0, 0.05) is 50.7 Å². The zero-order valence-electron chi connectivity index (χ0n) is 21.7. The van der Waals surface area contributed by atoms with E-state index in [2.05, 4.69) is 20.5 Å².